The summed E-state index contributed by atoms with van der Waals surface area (Å²) in [6.45, 7) is 4.01. The minimum atomic E-state index is -0.141. The van der Waals surface area contributed by atoms with Crippen LogP contribution >= 0.6 is 0 Å². The van der Waals surface area contributed by atoms with E-state index in [1.807, 2.05) is 6.07 Å². The van der Waals surface area contributed by atoms with Crippen molar-refractivity contribution < 1.29 is 9.69 Å². The minimum Gasteiger partial charge on any atom is -0.348 e. The quantitative estimate of drug-likeness (QED) is 0.879. The van der Waals surface area contributed by atoms with Crippen molar-refractivity contribution >= 4 is 5.91 Å². The van der Waals surface area contributed by atoms with E-state index in [2.05, 4.69) is 29.6 Å². The summed E-state index contributed by atoms with van der Waals surface area (Å²) < 4.78 is 0. The molecule has 4 nitrogen and oxygen atoms in total. The Bertz CT molecular complexity index is 773. The van der Waals surface area contributed by atoms with Crippen LogP contribution in [0.15, 0.2) is 48.5 Å². The third-order valence-corrected chi connectivity index (χ3v) is 4.81. The normalized spacial score (nSPS) is 14.7. The van der Waals surface area contributed by atoms with Crippen LogP contribution in [0.3, 0.4) is 0 Å². The van der Waals surface area contributed by atoms with Crippen molar-refractivity contribution in [3.63, 3.8) is 0 Å². The number of nitrogens with zero attached hydrogens (tertiary/aromatic N) is 1. The molecule has 25 heavy (non-hydrogen) atoms. The van der Waals surface area contributed by atoms with Gasteiger partial charge in [-0.2, -0.15) is 5.26 Å². The van der Waals surface area contributed by atoms with E-state index in [9.17, 15) is 4.79 Å². The van der Waals surface area contributed by atoms with Gasteiger partial charge in [-0.1, -0.05) is 30.3 Å². The van der Waals surface area contributed by atoms with Gasteiger partial charge in [-0.05, 0) is 43.0 Å². The Labute approximate surface area is 149 Å². The van der Waals surface area contributed by atoms with Gasteiger partial charge in [0.25, 0.3) is 5.91 Å². The average Bonchev–Trinajstić information content (AvgIpc) is 2.68. The first-order valence-corrected chi connectivity index (χ1v) is 8.95. The number of hydrogen-bond donors (Lipinski definition) is 2. The molecule has 1 heterocycles. The summed E-state index contributed by atoms with van der Waals surface area (Å²) in [6, 6.07) is 17.2. The number of quaternary nitrogens is 1. The van der Waals surface area contributed by atoms with Gasteiger partial charge >= 0.3 is 0 Å². The first kappa shape index (κ1) is 17.2. The molecule has 2 aromatic carbocycles. The predicted molar refractivity (Wildman–Crippen MR) is 97.0 cm³/mol. The summed E-state index contributed by atoms with van der Waals surface area (Å²) in [7, 11) is 0. The number of carbonyl (C=O) groups excluding carboxylic acids is 1. The number of hydrogen-bond acceptors (Lipinski definition) is 2. The zero-order valence-corrected chi connectivity index (χ0v) is 14.4. The van der Waals surface area contributed by atoms with Gasteiger partial charge < -0.3 is 10.2 Å². The van der Waals surface area contributed by atoms with E-state index in [0.29, 0.717) is 17.7 Å². The summed E-state index contributed by atoms with van der Waals surface area (Å²) in [4.78, 5) is 14.0. The molecule has 1 saturated heterocycles. The summed E-state index contributed by atoms with van der Waals surface area (Å²) in [5.74, 6) is -0.141. The van der Waals surface area contributed by atoms with Gasteiger partial charge in [0, 0.05) is 17.7 Å². The van der Waals surface area contributed by atoms with Gasteiger partial charge in [-0.3, -0.25) is 4.79 Å². The molecule has 128 valence electrons. The van der Waals surface area contributed by atoms with Gasteiger partial charge in [0.15, 0.2) is 0 Å². The fraction of sp³-hybridized carbons (Fsp3) is 0.333. The monoisotopic (exact) mass is 334 g/mol. The van der Waals surface area contributed by atoms with E-state index in [0.717, 1.165) is 6.54 Å². The molecule has 0 saturated carbocycles. The highest BCUT2D eigenvalue weighted by Crippen LogP contribution is 2.09. The first-order chi connectivity index (χ1) is 12.3. The Kier molecular flexibility index (Phi) is 5.81. The van der Waals surface area contributed by atoms with E-state index in [4.69, 9.17) is 5.26 Å². The van der Waals surface area contributed by atoms with Gasteiger partial charge in [-0.15, -0.1) is 0 Å². The molecule has 4 heteroatoms. The van der Waals surface area contributed by atoms with E-state index >= 15 is 0 Å². The lowest BCUT2D eigenvalue weighted by Gasteiger charge is -2.24. The minimum absolute atomic E-state index is 0.141. The highest BCUT2D eigenvalue weighted by atomic mass is 16.1. The van der Waals surface area contributed by atoms with Crippen LogP contribution in [0.1, 0.15) is 46.3 Å². The standard InChI is InChI=1S/C21H23N3O/c22-14-17-7-6-10-18(13-17)21(25)23-15-19-8-2-3-9-20(19)16-24-11-4-1-5-12-24/h2-3,6-10,13H,1,4-5,11-12,15-16H2,(H,23,25)/p+1. The Morgan fingerprint density at radius 2 is 1.80 bits per heavy atom. The number of amides is 1. The second-order valence-corrected chi connectivity index (χ2v) is 6.63. The Balaban J connectivity index is 1.64. The number of rotatable bonds is 5. The Morgan fingerprint density at radius 1 is 1.04 bits per heavy atom. The molecule has 1 aliphatic rings. The third-order valence-electron chi connectivity index (χ3n) is 4.81. The lowest BCUT2D eigenvalue weighted by Crippen LogP contribution is -3.11. The molecule has 2 N–H and O–H groups in total. The molecular weight excluding hydrogens is 310 g/mol. The van der Waals surface area contributed by atoms with Gasteiger partial charge in [-0.25, -0.2) is 0 Å². The van der Waals surface area contributed by atoms with Crippen LogP contribution in [-0.4, -0.2) is 19.0 Å². The Morgan fingerprint density at radius 3 is 2.56 bits per heavy atom. The van der Waals surface area contributed by atoms with Crippen LogP contribution in [-0.2, 0) is 13.1 Å². The molecule has 0 aliphatic carbocycles. The zero-order chi connectivity index (χ0) is 17.5. The van der Waals surface area contributed by atoms with Crippen LogP contribution in [0.2, 0.25) is 0 Å². The lowest BCUT2D eigenvalue weighted by atomic mass is 10.0. The summed E-state index contributed by atoms with van der Waals surface area (Å²) in [5.41, 5.74) is 3.51. The van der Waals surface area contributed by atoms with Crippen molar-refractivity contribution in [2.24, 2.45) is 0 Å². The predicted octanol–water partition coefficient (Wildman–Crippen LogP) is 2.06. The molecular formula is C21H24N3O+. The van der Waals surface area contributed by atoms with Crippen LogP contribution in [0, 0.1) is 11.3 Å². The lowest BCUT2D eigenvalue weighted by molar-refractivity contribution is -0.918. The molecule has 0 unspecified atom stereocenters. The maximum Gasteiger partial charge on any atom is 0.251 e. The summed E-state index contributed by atoms with van der Waals surface area (Å²) in [5, 5.41) is 11.9. The topological polar surface area (TPSA) is 57.3 Å². The van der Waals surface area contributed by atoms with E-state index in [1.165, 1.54) is 43.5 Å². The molecule has 0 atom stereocenters. The van der Waals surface area contributed by atoms with Crippen molar-refractivity contribution in [1.82, 2.24) is 5.32 Å². The highest BCUT2D eigenvalue weighted by Gasteiger charge is 2.16. The summed E-state index contributed by atoms with van der Waals surface area (Å²) >= 11 is 0. The average molecular weight is 334 g/mol. The maximum atomic E-state index is 12.4. The van der Waals surface area contributed by atoms with Crippen molar-refractivity contribution in [2.75, 3.05) is 13.1 Å². The van der Waals surface area contributed by atoms with Crippen molar-refractivity contribution in [1.29, 1.82) is 5.26 Å². The SMILES string of the molecule is N#Cc1cccc(C(=O)NCc2ccccc2C[NH+]2CCCCC2)c1. The van der Waals surface area contributed by atoms with Crippen molar-refractivity contribution in [2.45, 2.75) is 32.4 Å². The van der Waals surface area contributed by atoms with Crippen LogP contribution in [0.4, 0.5) is 0 Å². The van der Waals surface area contributed by atoms with Gasteiger partial charge in [0.1, 0.15) is 6.54 Å². The molecule has 0 radical (unpaired) electrons. The second kappa shape index (κ2) is 8.46. The van der Waals surface area contributed by atoms with Gasteiger partial charge in [0.2, 0.25) is 0 Å². The molecule has 1 aliphatic heterocycles. The molecule has 1 amide bonds. The molecule has 2 aromatic rings. The number of nitriles is 1. The van der Waals surface area contributed by atoms with Crippen molar-refractivity contribution in [3.05, 3.63) is 70.8 Å². The zero-order valence-electron chi connectivity index (χ0n) is 14.4. The fourth-order valence-corrected chi connectivity index (χ4v) is 3.41. The van der Waals surface area contributed by atoms with E-state index < -0.39 is 0 Å². The van der Waals surface area contributed by atoms with Gasteiger partial charge in [0.05, 0.1) is 24.7 Å². The smallest absolute Gasteiger partial charge is 0.251 e. The Hall–Kier alpha value is -2.64. The van der Waals surface area contributed by atoms with Crippen LogP contribution in [0.5, 0.6) is 0 Å². The number of piperidine rings is 1. The van der Waals surface area contributed by atoms with Crippen LogP contribution in [0.25, 0.3) is 0 Å². The van der Waals surface area contributed by atoms with E-state index in [1.54, 1.807) is 29.2 Å². The number of benzene rings is 2. The second-order valence-electron chi connectivity index (χ2n) is 6.63. The highest BCUT2D eigenvalue weighted by molar-refractivity contribution is 5.94. The number of likely N-dealkylation sites (tertiary alicyclic amines) is 1. The first-order valence-electron chi connectivity index (χ1n) is 8.95. The molecule has 3 rings (SSSR count). The van der Waals surface area contributed by atoms with E-state index in [-0.39, 0.29) is 5.91 Å². The van der Waals surface area contributed by atoms with Crippen LogP contribution < -0.4 is 10.2 Å². The van der Waals surface area contributed by atoms with Crippen molar-refractivity contribution in [3.8, 4) is 6.07 Å². The molecule has 0 bridgehead atoms. The fourth-order valence-electron chi connectivity index (χ4n) is 3.41. The molecule has 0 spiro atoms. The third kappa shape index (κ3) is 4.68. The largest absolute Gasteiger partial charge is 0.348 e. The summed E-state index contributed by atoms with van der Waals surface area (Å²) in [6.07, 6.45) is 3.97. The maximum absolute atomic E-state index is 12.4. The number of carbonyl (C=O) groups is 1. The number of nitrogens with one attached hydrogen (secondary N) is 2. The molecule has 1 fully saturated rings. The molecule has 0 aromatic heterocycles.